The molecule has 1 aliphatic heterocycles. The highest BCUT2D eigenvalue weighted by Crippen LogP contribution is 2.30. The summed E-state index contributed by atoms with van der Waals surface area (Å²) in [6, 6.07) is 18.5. The number of hydrogen-bond donors (Lipinski definition) is 3. The van der Waals surface area contributed by atoms with Crippen LogP contribution in [0.1, 0.15) is 64.9 Å². The number of carbonyl (C=O) groups is 3. The van der Waals surface area contributed by atoms with Gasteiger partial charge in [0.25, 0.3) is 5.56 Å². The number of carbonyl (C=O) groups excluding carboxylic acids is 3. The number of Topliss-reactive ketones (excluding diaryl/α,β-unsaturated/α-hetero) is 1. The number of allylic oxidation sites excluding steroid dienone is 1. The number of nitrogens with zero attached hydrogens (tertiary/aromatic N) is 3. The number of rotatable bonds is 14. The van der Waals surface area contributed by atoms with Crippen molar-refractivity contribution in [1.29, 1.82) is 0 Å². The van der Waals surface area contributed by atoms with Crippen molar-refractivity contribution in [2.24, 2.45) is 4.99 Å². The van der Waals surface area contributed by atoms with E-state index in [0.717, 1.165) is 18.4 Å². The van der Waals surface area contributed by atoms with Crippen LogP contribution in [0.5, 0.6) is 0 Å². The highest BCUT2D eigenvalue weighted by Gasteiger charge is 2.41. The van der Waals surface area contributed by atoms with Gasteiger partial charge in [-0.3, -0.25) is 24.3 Å². The van der Waals surface area contributed by atoms with E-state index in [1.807, 2.05) is 43.3 Å². The Morgan fingerprint density at radius 3 is 2.33 bits per heavy atom. The zero-order valence-electron chi connectivity index (χ0n) is 27.8. The van der Waals surface area contributed by atoms with E-state index < -0.39 is 34.9 Å². The summed E-state index contributed by atoms with van der Waals surface area (Å²) in [4.78, 5) is 59.9. The van der Waals surface area contributed by atoms with Crippen molar-refractivity contribution in [3.05, 3.63) is 94.4 Å². The minimum Gasteiger partial charge on any atom is -0.444 e. The Morgan fingerprint density at radius 2 is 1.65 bits per heavy atom. The van der Waals surface area contributed by atoms with Crippen molar-refractivity contribution in [3.63, 3.8) is 0 Å². The average Bonchev–Trinajstić information content (AvgIpc) is 3.05. The summed E-state index contributed by atoms with van der Waals surface area (Å²) >= 11 is 0. The van der Waals surface area contributed by atoms with Crippen LogP contribution in [0.2, 0.25) is 0 Å². The predicted octanol–water partition coefficient (Wildman–Crippen LogP) is 4.98. The Balaban J connectivity index is 1.24. The van der Waals surface area contributed by atoms with Gasteiger partial charge in [-0.1, -0.05) is 80.4 Å². The number of ether oxygens (including phenoxy) is 2. The fourth-order valence-electron chi connectivity index (χ4n) is 5.08. The van der Waals surface area contributed by atoms with Gasteiger partial charge < -0.3 is 19.9 Å². The first-order valence-corrected chi connectivity index (χ1v) is 16.0. The molecular formula is C36H43N5O7. The van der Waals surface area contributed by atoms with Crippen LogP contribution in [0.15, 0.2) is 88.3 Å². The Morgan fingerprint density at radius 1 is 0.979 bits per heavy atom. The number of aromatic nitrogens is 2. The summed E-state index contributed by atoms with van der Waals surface area (Å²) in [5.74, 6) is -3.15. The first-order valence-electron chi connectivity index (χ1n) is 16.0. The average molecular weight is 658 g/mol. The number of nitrogens with one attached hydrogen (secondary N) is 2. The lowest BCUT2D eigenvalue weighted by Gasteiger charge is -2.28. The summed E-state index contributed by atoms with van der Waals surface area (Å²) in [7, 11) is 0. The maximum atomic E-state index is 13.4. The molecule has 1 aromatic heterocycles. The zero-order valence-corrected chi connectivity index (χ0v) is 27.8. The molecule has 0 fully saturated rings. The molecule has 2 amide bonds. The first-order chi connectivity index (χ1) is 22.9. The van der Waals surface area contributed by atoms with Gasteiger partial charge >= 0.3 is 12.0 Å². The zero-order chi connectivity index (χ0) is 34.7. The highest BCUT2D eigenvalue weighted by molar-refractivity contribution is 6.07. The number of aliphatic hydroxyl groups is 1. The molecule has 1 aliphatic rings. The molecule has 2 atom stereocenters. The second-order valence-electron chi connectivity index (χ2n) is 12.5. The molecule has 0 bridgehead atoms. The largest absolute Gasteiger partial charge is 0.444 e. The number of dihydropyridines is 1. The van der Waals surface area contributed by atoms with Crippen molar-refractivity contribution >= 4 is 29.7 Å². The third-order valence-electron chi connectivity index (χ3n) is 7.54. The lowest BCUT2D eigenvalue weighted by Crippen LogP contribution is -2.43. The molecular weight excluding hydrogens is 614 g/mol. The van der Waals surface area contributed by atoms with Crippen LogP contribution < -0.4 is 16.2 Å². The van der Waals surface area contributed by atoms with Crippen LogP contribution in [-0.2, 0) is 25.6 Å². The Hall–Kier alpha value is -4.94. The van der Waals surface area contributed by atoms with E-state index >= 15 is 0 Å². The van der Waals surface area contributed by atoms with Gasteiger partial charge in [-0.25, -0.2) is 14.8 Å². The monoisotopic (exact) mass is 657 g/mol. The standard InChI is InChI=1S/C36H43N5O7/c1-25(26-15-9-7-10-16-26)28-19-21-39-36(46,31(28)43)47-22-14-6-5-13-20-37-30(42)24-41-32(27-17-11-8-12-18-27)38-23-29(33(41)44)40-34(45)48-35(2,3)4/h7-12,15-19,21,23,25,46H,5-6,13-14,20,22,24H2,1-4H3,(H,37,42)(H,40,45). The normalized spacial score (nSPS) is 16.6. The SMILES string of the molecule is CC(C1=CC=NC(O)(OCCCCCCNC(=O)Cn2c(-c3ccccc3)ncc(NC(=O)OC(C)(C)C)c2=O)C1=O)c1ccccc1. The van der Waals surface area contributed by atoms with Gasteiger partial charge in [0.05, 0.1) is 12.8 Å². The quantitative estimate of drug-likeness (QED) is 0.162. The molecule has 2 unspecified atom stereocenters. The van der Waals surface area contributed by atoms with Crippen molar-refractivity contribution in [1.82, 2.24) is 14.9 Å². The van der Waals surface area contributed by atoms with Gasteiger partial charge in [-0.2, -0.15) is 0 Å². The van der Waals surface area contributed by atoms with Crippen LogP contribution in [0.25, 0.3) is 11.4 Å². The minimum atomic E-state index is -2.24. The van der Waals surface area contributed by atoms with Gasteiger partial charge in [-0.15, -0.1) is 0 Å². The molecule has 2 heterocycles. The van der Waals surface area contributed by atoms with Gasteiger partial charge in [0, 0.05) is 29.8 Å². The number of amides is 2. The van der Waals surface area contributed by atoms with Crippen LogP contribution >= 0.6 is 0 Å². The van der Waals surface area contributed by atoms with E-state index in [2.05, 4.69) is 20.6 Å². The summed E-state index contributed by atoms with van der Waals surface area (Å²) in [5.41, 5.74) is 0.546. The molecule has 2 aromatic carbocycles. The van der Waals surface area contributed by atoms with E-state index in [1.165, 1.54) is 17.0 Å². The van der Waals surface area contributed by atoms with Crippen molar-refractivity contribution < 1.29 is 29.0 Å². The molecule has 0 aliphatic carbocycles. The molecule has 4 rings (SSSR count). The Kier molecular flexibility index (Phi) is 12.2. The Labute approximate surface area is 279 Å². The van der Waals surface area contributed by atoms with Crippen molar-refractivity contribution in [3.8, 4) is 11.4 Å². The van der Waals surface area contributed by atoms with E-state index in [1.54, 1.807) is 51.1 Å². The van der Waals surface area contributed by atoms with Crippen molar-refractivity contribution in [2.75, 3.05) is 18.5 Å². The maximum absolute atomic E-state index is 13.4. The summed E-state index contributed by atoms with van der Waals surface area (Å²) in [5, 5.41) is 16.1. The highest BCUT2D eigenvalue weighted by atomic mass is 16.6. The molecule has 3 aromatic rings. The van der Waals surface area contributed by atoms with Crippen LogP contribution in [0, 0.1) is 0 Å². The second kappa shape index (κ2) is 16.2. The van der Waals surface area contributed by atoms with Gasteiger partial charge in [0.2, 0.25) is 11.7 Å². The third kappa shape index (κ3) is 9.79. The van der Waals surface area contributed by atoms with Crippen molar-refractivity contribution in [2.45, 2.75) is 77.4 Å². The second-order valence-corrected chi connectivity index (χ2v) is 12.5. The number of hydrogen-bond acceptors (Lipinski definition) is 9. The van der Waals surface area contributed by atoms with Crippen LogP contribution in [-0.4, -0.2) is 63.3 Å². The molecule has 0 spiro atoms. The Bertz CT molecular complexity index is 1700. The lowest BCUT2D eigenvalue weighted by atomic mass is 9.88. The van der Waals surface area contributed by atoms with Gasteiger partial charge in [0.1, 0.15) is 23.7 Å². The number of aliphatic imine (C=N–C) groups is 1. The molecule has 0 saturated carbocycles. The topological polar surface area (TPSA) is 161 Å². The molecule has 3 N–H and O–H groups in total. The fourth-order valence-corrected chi connectivity index (χ4v) is 5.08. The van der Waals surface area contributed by atoms with E-state index in [0.29, 0.717) is 30.5 Å². The smallest absolute Gasteiger partial charge is 0.412 e. The van der Waals surface area contributed by atoms with Gasteiger partial charge in [0.15, 0.2) is 0 Å². The third-order valence-corrected chi connectivity index (χ3v) is 7.54. The van der Waals surface area contributed by atoms with E-state index in [4.69, 9.17) is 9.47 Å². The maximum Gasteiger partial charge on any atom is 0.412 e. The minimum absolute atomic E-state index is 0.109. The fraction of sp³-hybridized carbons (Fsp3) is 0.389. The number of benzene rings is 2. The predicted molar refractivity (Wildman–Crippen MR) is 183 cm³/mol. The van der Waals surface area contributed by atoms with E-state index in [-0.39, 0.29) is 30.6 Å². The number of unbranched alkanes of at least 4 members (excludes halogenated alkanes) is 3. The summed E-state index contributed by atoms with van der Waals surface area (Å²) < 4.78 is 12.0. The molecule has 0 saturated heterocycles. The first kappa shape index (κ1) is 35.9. The molecule has 0 radical (unpaired) electrons. The van der Waals surface area contributed by atoms with Crippen LogP contribution in [0.3, 0.4) is 0 Å². The number of ketones is 1. The molecule has 254 valence electrons. The summed E-state index contributed by atoms with van der Waals surface area (Å²) in [6.45, 7) is 7.22. The molecule has 12 heteroatoms. The lowest BCUT2D eigenvalue weighted by molar-refractivity contribution is -0.198. The van der Waals surface area contributed by atoms with Gasteiger partial charge in [-0.05, 0) is 45.3 Å². The summed E-state index contributed by atoms with van der Waals surface area (Å²) in [6.07, 6.45) is 6.18. The molecule has 48 heavy (non-hydrogen) atoms. The molecule has 12 nitrogen and oxygen atoms in total. The van der Waals surface area contributed by atoms with E-state index in [9.17, 15) is 24.3 Å². The van der Waals surface area contributed by atoms with Crippen LogP contribution in [0.4, 0.5) is 10.5 Å². The number of anilines is 1.